The van der Waals surface area contributed by atoms with Gasteiger partial charge < -0.3 is 19.9 Å². The van der Waals surface area contributed by atoms with Crippen LogP contribution in [0.25, 0.3) is 0 Å². The number of hydrogen-bond acceptors (Lipinski definition) is 7. The van der Waals surface area contributed by atoms with Gasteiger partial charge in [-0.15, -0.1) is 0 Å². The molecule has 2 aromatic rings. The molecule has 0 bridgehead atoms. The Balaban J connectivity index is 1.82. The van der Waals surface area contributed by atoms with E-state index >= 15 is 0 Å². The van der Waals surface area contributed by atoms with Crippen molar-refractivity contribution in [3.05, 3.63) is 18.2 Å². The van der Waals surface area contributed by atoms with Crippen LogP contribution in [0.5, 0.6) is 6.01 Å². The molecule has 8 nitrogen and oxygen atoms in total. The Morgan fingerprint density at radius 1 is 1.30 bits per heavy atom. The minimum Gasteiger partial charge on any atom is -0.463 e. The van der Waals surface area contributed by atoms with Crippen LogP contribution in [-0.4, -0.2) is 37.7 Å². The molecule has 0 atom stereocenters. The quantitative estimate of drug-likeness (QED) is 0.866. The fourth-order valence-electron chi connectivity index (χ4n) is 2.10. The number of aromatic nitrogens is 5. The van der Waals surface area contributed by atoms with E-state index in [0.29, 0.717) is 19.1 Å². The highest BCUT2D eigenvalue weighted by Gasteiger charge is 2.20. The number of nitrogens with zero attached hydrogens (tertiary/aromatic N) is 6. The number of rotatable bonds is 4. The first kappa shape index (κ1) is 12.6. The Labute approximate surface area is 116 Å². The maximum atomic E-state index is 5.72. The summed E-state index contributed by atoms with van der Waals surface area (Å²) < 4.78 is 7.55. The Hall–Kier alpha value is -2.38. The predicted molar refractivity (Wildman–Crippen MR) is 73.3 cm³/mol. The minimum absolute atomic E-state index is 0.176. The Morgan fingerprint density at radius 2 is 2.20 bits per heavy atom. The number of anilines is 2. The fourth-order valence-corrected chi connectivity index (χ4v) is 2.10. The molecule has 2 aromatic heterocycles. The van der Waals surface area contributed by atoms with Crippen LogP contribution < -0.4 is 15.4 Å². The van der Waals surface area contributed by atoms with Crippen molar-refractivity contribution in [2.45, 2.75) is 26.4 Å². The molecule has 0 unspecified atom stereocenters. The van der Waals surface area contributed by atoms with Gasteiger partial charge in [0.1, 0.15) is 5.82 Å². The van der Waals surface area contributed by atoms with Crippen LogP contribution in [0.4, 0.5) is 11.9 Å². The van der Waals surface area contributed by atoms with Crippen molar-refractivity contribution in [2.75, 3.05) is 23.8 Å². The van der Waals surface area contributed by atoms with Crippen LogP contribution in [0, 0.1) is 0 Å². The van der Waals surface area contributed by atoms with E-state index < -0.39 is 0 Å². The summed E-state index contributed by atoms with van der Waals surface area (Å²) in [7, 11) is 0. The zero-order valence-corrected chi connectivity index (χ0v) is 11.4. The molecule has 8 heteroatoms. The third-order valence-electron chi connectivity index (χ3n) is 3.08. The lowest BCUT2D eigenvalue weighted by Crippen LogP contribution is -2.35. The van der Waals surface area contributed by atoms with E-state index in [4.69, 9.17) is 10.5 Å². The predicted octanol–water partition coefficient (Wildman–Crippen LogP) is 0.459. The van der Waals surface area contributed by atoms with Gasteiger partial charge in [0.15, 0.2) is 0 Å². The third-order valence-corrected chi connectivity index (χ3v) is 3.08. The number of nitrogen functional groups attached to an aromatic ring is 1. The van der Waals surface area contributed by atoms with E-state index in [0.717, 1.165) is 25.3 Å². The largest absolute Gasteiger partial charge is 0.463 e. The van der Waals surface area contributed by atoms with Crippen LogP contribution in [-0.2, 0) is 13.1 Å². The molecule has 0 aromatic carbocycles. The van der Waals surface area contributed by atoms with Crippen molar-refractivity contribution < 1.29 is 4.74 Å². The van der Waals surface area contributed by atoms with E-state index in [9.17, 15) is 0 Å². The highest BCUT2D eigenvalue weighted by atomic mass is 16.5. The monoisotopic (exact) mass is 275 g/mol. The lowest BCUT2D eigenvalue weighted by molar-refractivity contribution is 0.291. The molecule has 0 saturated heterocycles. The normalized spacial score (nSPS) is 14.2. The highest BCUT2D eigenvalue weighted by molar-refractivity contribution is 5.36. The van der Waals surface area contributed by atoms with E-state index in [2.05, 4.69) is 24.5 Å². The molecule has 0 spiro atoms. The van der Waals surface area contributed by atoms with Gasteiger partial charge in [-0.3, -0.25) is 0 Å². The molecule has 3 heterocycles. The standard InChI is InChI=1S/C12H17N7O/c1-2-7-20-12-16-10(13)15-11(17-12)19-6-5-18-4-3-14-9(18)8-19/h3-4H,2,5-8H2,1H3,(H2,13,15,16,17). The van der Waals surface area contributed by atoms with Crippen LogP contribution >= 0.6 is 0 Å². The summed E-state index contributed by atoms with van der Waals surface area (Å²) in [6, 6.07) is 0.281. The van der Waals surface area contributed by atoms with Crippen molar-refractivity contribution in [1.29, 1.82) is 0 Å². The molecule has 0 amide bonds. The van der Waals surface area contributed by atoms with E-state index in [1.165, 1.54) is 0 Å². The van der Waals surface area contributed by atoms with Gasteiger partial charge in [-0.1, -0.05) is 6.92 Å². The molecule has 3 rings (SSSR count). The Morgan fingerprint density at radius 3 is 3.05 bits per heavy atom. The second-order valence-corrected chi connectivity index (χ2v) is 4.58. The van der Waals surface area contributed by atoms with Crippen molar-refractivity contribution in [1.82, 2.24) is 24.5 Å². The number of nitrogens with two attached hydrogens (primary N) is 1. The fraction of sp³-hybridized carbons (Fsp3) is 0.500. The van der Waals surface area contributed by atoms with Gasteiger partial charge >= 0.3 is 6.01 Å². The van der Waals surface area contributed by atoms with E-state index in [1.54, 1.807) is 6.20 Å². The molecule has 20 heavy (non-hydrogen) atoms. The van der Waals surface area contributed by atoms with Crippen LogP contribution in [0.1, 0.15) is 19.2 Å². The second-order valence-electron chi connectivity index (χ2n) is 4.58. The molecule has 0 aliphatic carbocycles. The molecule has 2 N–H and O–H groups in total. The highest BCUT2D eigenvalue weighted by Crippen LogP contribution is 2.18. The zero-order chi connectivity index (χ0) is 13.9. The number of fused-ring (bicyclic) bond motifs is 1. The van der Waals surface area contributed by atoms with Gasteiger partial charge in [0.25, 0.3) is 0 Å². The molecule has 0 radical (unpaired) electrons. The first-order valence-corrected chi connectivity index (χ1v) is 6.65. The zero-order valence-electron chi connectivity index (χ0n) is 11.4. The van der Waals surface area contributed by atoms with Gasteiger partial charge in [0, 0.05) is 25.5 Å². The first-order chi connectivity index (χ1) is 9.76. The van der Waals surface area contributed by atoms with Gasteiger partial charge in [-0.2, -0.15) is 15.0 Å². The first-order valence-electron chi connectivity index (χ1n) is 6.65. The van der Waals surface area contributed by atoms with Crippen molar-refractivity contribution in [3.8, 4) is 6.01 Å². The summed E-state index contributed by atoms with van der Waals surface area (Å²) in [5.74, 6) is 1.71. The lowest BCUT2D eigenvalue weighted by Gasteiger charge is -2.27. The van der Waals surface area contributed by atoms with Crippen LogP contribution in [0.3, 0.4) is 0 Å². The number of hydrogen-bond donors (Lipinski definition) is 1. The summed E-state index contributed by atoms with van der Waals surface area (Å²) in [6.07, 6.45) is 4.67. The van der Waals surface area contributed by atoms with Crippen LogP contribution in [0.2, 0.25) is 0 Å². The number of imidazole rings is 1. The van der Waals surface area contributed by atoms with E-state index in [-0.39, 0.29) is 12.0 Å². The molecular weight excluding hydrogens is 258 g/mol. The smallest absolute Gasteiger partial charge is 0.323 e. The van der Waals surface area contributed by atoms with Crippen LogP contribution in [0.15, 0.2) is 12.4 Å². The van der Waals surface area contributed by atoms with Gasteiger partial charge in [-0.25, -0.2) is 4.98 Å². The van der Waals surface area contributed by atoms with Crippen molar-refractivity contribution in [2.24, 2.45) is 0 Å². The van der Waals surface area contributed by atoms with Crippen molar-refractivity contribution in [3.63, 3.8) is 0 Å². The maximum Gasteiger partial charge on any atom is 0.323 e. The minimum atomic E-state index is 0.176. The molecule has 1 aliphatic heterocycles. The van der Waals surface area contributed by atoms with Gasteiger partial charge in [0.05, 0.1) is 13.2 Å². The lowest BCUT2D eigenvalue weighted by atomic mass is 10.4. The average Bonchev–Trinajstić information content (AvgIpc) is 2.92. The third kappa shape index (κ3) is 2.49. The summed E-state index contributed by atoms with van der Waals surface area (Å²) in [5.41, 5.74) is 5.72. The molecule has 106 valence electrons. The van der Waals surface area contributed by atoms with E-state index in [1.807, 2.05) is 18.0 Å². The number of ether oxygens (including phenoxy) is 1. The summed E-state index contributed by atoms with van der Waals surface area (Å²) in [6.45, 7) is 4.90. The SMILES string of the molecule is CCCOc1nc(N)nc(N2CCn3ccnc3C2)n1. The molecular formula is C12H17N7O. The maximum absolute atomic E-state index is 5.72. The van der Waals surface area contributed by atoms with Gasteiger partial charge in [-0.05, 0) is 6.42 Å². The molecule has 0 fully saturated rings. The average molecular weight is 275 g/mol. The second kappa shape index (κ2) is 5.32. The molecule has 0 saturated carbocycles. The summed E-state index contributed by atoms with van der Waals surface area (Å²) in [4.78, 5) is 18.8. The summed E-state index contributed by atoms with van der Waals surface area (Å²) >= 11 is 0. The van der Waals surface area contributed by atoms with Crippen molar-refractivity contribution >= 4 is 11.9 Å². The Bertz CT molecular complexity index is 597. The van der Waals surface area contributed by atoms with Gasteiger partial charge in [0.2, 0.25) is 11.9 Å². The topological polar surface area (TPSA) is 95.0 Å². The Kier molecular flexibility index (Phi) is 3.36. The summed E-state index contributed by atoms with van der Waals surface area (Å²) in [5, 5.41) is 0. The molecule has 1 aliphatic rings.